The van der Waals surface area contributed by atoms with Gasteiger partial charge in [0, 0.05) is 18.9 Å². The van der Waals surface area contributed by atoms with Crippen LogP contribution in [0.5, 0.6) is 5.75 Å². The second-order valence-corrected chi connectivity index (χ2v) is 4.22. The Bertz CT molecular complexity index is 468. The highest BCUT2D eigenvalue weighted by Crippen LogP contribution is 2.28. The van der Waals surface area contributed by atoms with Gasteiger partial charge in [-0.25, -0.2) is 0 Å². The van der Waals surface area contributed by atoms with E-state index >= 15 is 0 Å². The largest absolute Gasteiger partial charge is 0.496 e. The average molecular weight is 233 g/mol. The van der Waals surface area contributed by atoms with Gasteiger partial charge in [0.1, 0.15) is 5.75 Å². The highest BCUT2D eigenvalue weighted by molar-refractivity contribution is 5.97. The molecule has 0 aromatic heterocycles. The number of ketones is 1. The summed E-state index contributed by atoms with van der Waals surface area (Å²) in [5.41, 5.74) is 1.61. The molecule has 4 heteroatoms. The zero-order valence-electron chi connectivity index (χ0n) is 9.95. The van der Waals surface area contributed by atoms with E-state index < -0.39 is 0 Å². The second kappa shape index (κ2) is 4.57. The minimum atomic E-state index is -0.0194. The van der Waals surface area contributed by atoms with Crippen molar-refractivity contribution in [2.24, 2.45) is 0 Å². The van der Waals surface area contributed by atoms with Gasteiger partial charge in [-0.15, -0.1) is 0 Å². The van der Waals surface area contributed by atoms with Crippen molar-refractivity contribution in [3.63, 3.8) is 0 Å². The van der Waals surface area contributed by atoms with Gasteiger partial charge in [-0.2, -0.15) is 0 Å². The number of amides is 1. The summed E-state index contributed by atoms with van der Waals surface area (Å²) in [6.07, 6.45) is 0.503. The number of hydrogen-bond donors (Lipinski definition) is 1. The van der Waals surface area contributed by atoms with Crippen molar-refractivity contribution in [3.8, 4) is 5.75 Å². The predicted octanol–water partition coefficient (Wildman–Crippen LogP) is 1.50. The molecule has 1 fully saturated rings. The number of benzene rings is 1. The molecule has 0 spiro atoms. The highest BCUT2D eigenvalue weighted by Gasteiger charge is 2.24. The zero-order valence-corrected chi connectivity index (χ0v) is 9.95. The number of ether oxygens (including phenoxy) is 1. The van der Waals surface area contributed by atoms with Crippen molar-refractivity contribution < 1.29 is 14.3 Å². The summed E-state index contributed by atoms with van der Waals surface area (Å²) in [7, 11) is 1.55. The summed E-state index contributed by atoms with van der Waals surface area (Å²) in [5, 5.41) is 2.80. The van der Waals surface area contributed by atoms with Crippen LogP contribution in [0.2, 0.25) is 0 Å². The molecule has 2 rings (SSSR count). The van der Waals surface area contributed by atoms with Crippen molar-refractivity contribution in [2.75, 3.05) is 13.7 Å². The number of methoxy groups -OCH3 is 1. The maximum absolute atomic E-state index is 11.4. The number of rotatable bonds is 3. The van der Waals surface area contributed by atoms with Gasteiger partial charge in [-0.1, -0.05) is 6.07 Å². The van der Waals surface area contributed by atoms with Crippen molar-refractivity contribution in [1.82, 2.24) is 5.32 Å². The van der Waals surface area contributed by atoms with Gasteiger partial charge in [0.15, 0.2) is 5.78 Å². The fourth-order valence-corrected chi connectivity index (χ4v) is 2.09. The molecule has 1 aliphatic rings. The fourth-order valence-electron chi connectivity index (χ4n) is 2.09. The molecule has 17 heavy (non-hydrogen) atoms. The summed E-state index contributed by atoms with van der Waals surface area (Å²) in [4.78, 5) is 22.5. The average Bonchev–Trinajstić information content (AvgIpc) is 2.75. The van der Waals surface area contributed by atoms with Crippen LogP contribution in [0, 0.1) is 0 Å². The topological polar surface area (TPSA) is 55.4 Å². The molecule has 1 aliphatic heterocycles. The molecular weight excluding hydrogens is 218 g/mol. The Labute approximate surface area is 100.0 Å². The van der Waals surface area contributed by atoms with E-state index in [4.69, 9.17) is 4.74 Å². The lowest BCUT2D eigenvalue weighted by molar-refractivity contribution is -0.119. The van der Waals surface area contributed by atoms with Gasteiger partial charge in [0.25, 0.3) is 0 Å². The van der Waals surface area contributed by atoms with Crippen molar-refractivity contribution in [3.05, 3.63) is 29.3 Å². The van der Waals surface area contributed by atoms with Gasteiger partial charge < -0.3 is 10.1 Å². The molecule has 0 radical (unpaired) electrons. The molecule has 1 heterocycles. The molecule has 4 nitrogen and oxygen atoms in total. The Morgan fingerprint density at radius 1 is 1.47 bits per heavy atom. The van der Waals surface area contributed by atoms with Gasteiger partial charge >= 0.3 is 0 Å². The van der Waals surface area contributed by atoms with E-state index in [1.807, 2.05) is 12.1 Å². The summed E-state index contributed by atoms with van der Waals surface area (Å²) >= 11 is 0. The van der Waals surface area contributed by atoms with Crippen LogP contribution >= 0.6 is 0 Å². The van der Waals surface area contributed by atoms with E-state index in [1.54, 1.807) is 13.2 Å². The van der Waals surface area contributed by atoms with E-state index in [-0.39, 0.29) is 17.6 Å². The second-order valence-electron chi connectivity index (χ2n) is 4.22. The number of nitrogens with one attached hydrogen (secondary N) is 1. The Kier molecular flexibility index (Phi) is 3.13. The molecule has 0 saturated carbocycles. The van der Waals surface area contributed by atoms with Crippen LogP contribution in [0.3, 0.4) is 0 Å². The Morgan fingerprint density at radius 3 is 2.76 bits per heavy atom. The first-order valence-corrected chi connectivity index (χ1v) is 5.57. The standard InChI is InChI=1S/C13H15NO3/c1-8(15)11-4-3-9(5-12(11)17-2)10-6-13(16)14-7-10/h3-5,10H,6-7H2,1-2H3,(H,14,16). The van der Waals surface area contributed by atoms with Crippen molar-refractivity contribution in [2.45, 2.75) is 19.3 Å². The van der Waals surface area contributed by atoms with E-state index in [2.05, 4.69) is 5.32 Å². The molecule has 0 bridgehead atoms. The van der Waals surface area contributed by atoms with Crippen LogP contribution in [-0.4, -0.2) is 25.3 Å². The lowest BCUT2D eigenvalue weighted by Gasteiger charge is -2.12. The Balaban J connectivity index is 2.31. The van der Waals surface area contributed by atoms with Gasteiger partial charge in [0.2, 0.25) is 5.91 Å². The van der Waals surface area contributed by atoms with Crippen LogP contribution in [0.15, 0.2) is 18.2 Å². The SMILES string of the molecule is COc1cc(C2CNC(=O)C2)ccc1C(C)=O. The fraction of sp³-hybridized carbons (Fsp3) is 0.385. The maximum atomic E-state index is 11.4. The summed E-state index contributed by atoms with van der Waals surface area (Å²) in [5.74, 6) is 0.811. The smallest absolute Gasteiger partial charge is 0.220 e. The van der Waals surface area contributed by atoms with E-state index in [0.29, 0.717) is 24.3 Å². The molecule has 1 unspecified atom stereocenters. The predicted molar refractivity (Wildman–Crippen MR) is 63.4 cm³/mol. The number of Topliss-reactive ketones (excluding diaryl/α,β-unsaturated/α-hetero) is 1. The molecule has 1 aromatic rings. The number of carbonyl (C=O) groups is 2. The first kappa shape index (κ1) is 11.6. The first-order valence-electron chi connectivity index (χ1n) is 5.57. The molecule has 1 N–H and O–H groups in total. The molecule has 1 saturated heterocycles. The maximum Gasteiger partial charge on any atom is 0.220 e. The number of hydrogen-bond acceptors (Lipinski definition) is 3. The highest BCUT2D eigenvalue weighted by atomic mass is 16.5. The normalized spacial score (nSPS) is 18.9. The lowest BCUT2D eigenvalue weighted by atomic mass is 9.96. The van der Waals surface area contributed by atoms with E-state index in [0.717, 1.165) is 5.56 Å². The van der Waals surface area contributed by atoms with Crippen molar-refractivity contribution in [1.29, 1.82) is 0 Å². The molecule has 1 atom stereocenters. The third kappa shape index (κ3) is 2.30. The van der Waals surface area contributed by atoms with Crippen molar-refractivity contribution >= 4 is 11.7 Å². The molecule has 1 amide bonds. The van der Waals surface area contributed by atoms with Crippen LogP contribution in [-0.2, 0) is 4.79 Å². The third-order valence-electron chi connectivity index (χ3n) is 3.05. The minimum Gasteiger partial charge on any atom is -0.496 e. The van der Waals surface area contributed by atoms with Gasteiger partial charge in [-0.3, -0.25) is 9.59 Å². The van der Waals surface area contributed by atoms with Gasteiger partial charge in [0.05, 0.1) is 12.7 Å². The van der Waals surface area contributed by atoms with E-state index in [9.17, 15) is 9.59 Å². The molecule has 1 aromatic carbocycles. The molecule has 0 aliphatic carbocycles. The Morgan fingerprint density at radius 2 is 2.24 bits per heavy atom. The molecule has 90 valence electrons. The summed E-state index contributed by atoms with van der Waals surface area (Å²) in [6.45, 7) is 2.17. The number of carbonyl (C=O) groups excluding carboxylic acids is 2. The zero-order chi connectivity index (χ0) is 12.4. The van der Waals surface area contributed by atoms with Crippen LogP contribution < -0.4 is 10.1 Å². The monoisotopic (exact) mass is 233 g/mol. The van der Waals surface area contributed by atoms with Crippen LogP contribution in [0.1, 0.15) is 35.2 Å². The Hall–Kier alpha value is -1.84. The lowest BCUT2D eigenvalue weighted by Crippen LogP contribution is -2.13. The van der Waals surface area contributed by atoms with E-state index in [1.165, 1.54) is 6.92 Å². The summed E-state index contributed by atoms with van der Waals surface area (Å²) in [6, 6.07) is 5.51. The quantitative estimate of drug-likeness (QED) is 0.805. The van der Waals surface area contributed by atoms with Gasteiger partial charge in [-0.05, 0) is 24.6 Å². The van der Waals surface area contributed by atoms with Crippen LogP contribution in [0.25, 0.3) is 0 Å². The minimum absolute atomic E-state index is 0.0194. The first-order chi connectivity index (χ1) is 8.11. The summed E-state index contributed by atoms with van der Waals surface area (Å²) < 4.78 is 5.21. The molecular formula is C13H15NO3. The third-order valence-corrected chi connectivity index (χ3v) is 3.05. The van der Waals surface area contributed by atoms with Crippen LogP contribution in [0.4, 0.5) is 0 Å².